The van der Waals surface area contributed by atoms with Crippen molar-refractivity contribution in [3.63, 3.8) is 0 Å². The molecular formula is C20H42NO3+. The Labute approximate surface area is 149 Å². The van der Waals surface area contributed by atoms with E-state index in [9.17, 15) is 15.1 Å². The summed E-state index contributed by atoms with van der Waals surface area (Å²) >= 11 is 0. The van der Waals surface area contributed by atoms with Gasteiger partial charge in [0.05, 0.1) is 13.2 Å². The van der Waals surface area contributed by atoms with E-state index >= 15 is 0 Å². The van der Waals surface area contributed by atoms with Gasteiger partial charge >= 0.3 is 0 Å². The van der Waals surface area contributed by atoms with Gasteiger partial charge in [-0.25, -0.2) is 5.21 Å². The van der Waals surface area contributed by atoms with Gasteiger partial charge in [-0.1, -0.05) is 65.2 Å². The lowest BCUT2D eigenvalue weighted by atomic mass is 10.0. The molecule has 0 bridgehead atoms. The molecule has 0 rings (SSSR count). The molecule has 144 valence electrons. The summed E-state index contributed by atoms with van der Waals surface area (Å²) in [5.41, 5.74) is 0. The van der Waals surface area contributed by atoms with Gasteiger partial charge in [0.2, 0.25) is 0 Å². The third-order valence-electron chi connectivity index (χ3n) is 4.95. The number of nitrogens with zero attached hydrogens (tertiary/aromatic N) is 1. The van der Waals surface area contributed by atoms with Crippen LogP contribution in [0.25, 0.3) is 0 Å². The van der Waals surface area contributed by atoms with Crippen LogP contribution >= 0.6 is 0 Å². The minimum absolute atomic E-state index is 0.0270. The van der Waals surface area contributed by atoms with Gasteiger partial charge in [-0.15, -0.1) is 0 Å². The molecule has 2 N–H and O–H groups in total. The summed E-state index contributed by atoms with van der Waals surface area (Å²) in [5, 5.41) is 20.1. The lowest BCUT2D eigenvalue weighted by Gasteiger charge is -2.26. The van der Waals surface area contributed by atoms with Crippen LogP contribution in [0.15, 0.2) is 0 Å². The molecule has 0 fully saturated rings. The van der Waals surface area contributed by atoms with Gasteiger partial charge in [0.1, 0.15) is 19.4 Å². The first kappa shape index (κ1) is 23.5. The van der Waals surface area contributed by atoms with Crippen molar-refractivity contribution in [3.8, 4) is 0 Å². The summed E-state index contributed by atoms with van der Waals surface area (Å²) in [5.74, 6) is -0.315. The van der Waals surface area contributed by atoms with E-state index in [-0.39, 0.29) is 10.6 Å². The highest BCUT2D eigenvalue weighted by Crippen LogP contribution is 2.13. The predicted octanol–water partition coefficient (Wildman–Crippen LogP) is 4.72. The van der Waals surface area contributed by atoms with Crippen LogP contribution in [0.5, 0.6) is 0 Å². The third-order valence-corrected chi connectivity index (χ3v) is 4.95. The van der Waals surface area contributed by atoms with Crippen molar-refractivity contribution in [1.82, 2.24) is 0 Å². The number of quaternary nitrogens is 1. The Kier molecular flexibility index (Phi) is 14.6. The molecule has 0 amide bonds. The molecule has 0 radical (unpaired) electrons. The van der Waals surface area contributed by atoms with E-state index in [0.29, 0.717) is 13.0 Å². The fraction of sp³-hybridized carbons (Fsp3) is 0.950. The van der Waals surface area contributed by atoms with Gasteiger partial charge in [0.15, 0.2) is 0 Å². The Morgan fingerprint density at radius 3 is 1.83 bits per heavy atom. The van der Waals surface area contributed by atoms with E-state index in [4.69, 9.17) is 0 Å². The van der Waals surface area contributed by atoms with Crippen molar-refractivity contribution in [2.75, 3.05) is 20.1 Å². The molecule has 4 nitrogen and oxygen atoms in total. The molecule has 3 unspecified atom stereocenters. The van der Waals surface area contributed by atoms with Crippen molar-refractivity contribution in [3.05, 3.63) is 0 Å². The maximum Gasteiger partial charge on any atom is 0.125 e. The number of aliphatic hydroxyl groups is 1. The summed E-state index contributed by atoms with van der Waals surface area (Å²) in [6.45, 7) is 5.39. The fourth-order valence-electron chi connectivity index (χ4n) is 3.05. The molecule has 3 atom stereocenters. The lowest BCUT2D eigenvalue weighted by molar-refractivity contribution is -1.09. The van der Waals surface area contributed by atoms with Crippen LogP contribution in [-0.2, 0) is 4.79 Å². The number of hydrogen-bond donors (Lipinski definition) is 2. The van der Waals surface area contributed by atoms with Gasteiger partial charge in [-0.3, -0.25) is 0 Å². The van der Waals surface area contributed by atoms with Gasteiger partial charge in [0.25, 0.3) is 0 Å². The van der Waals surface area contributed by atoms with Crippen LogP contribution in [0, 0.1) is 5.92 Å². The highest BCUT2D eigenvalue weighted by molar-refractivity contribution is 5.53. The Bertz CT molecular complexity index is 295. The van der Waals surface area contributed by atoms with Crippen LogP contribution in [-0.4, -0.2) is 47.5 Å². The largest absolute Gasteiger partial charge is 0.392 e. The monoisotopic (exact) mass is 344 g/mol. The average Bonchev–Trinajstić information content (AvgIpc) is 2.55. The van der Waals surface area contributed by atoms with E-state index < -0.39 is 6.10 Å². The van der Waals surface area contributed by atoms with Crippen molar-refractivity contribution in [2.45, 2.75) is 97.0 Å². The zero-order valence-electron chi connectivity index (χ0n) is 16.4. The number of hydrogen-bond acceptors (Lipinski definition) is 3. The maximum absolute atomic E-state index is 10.6. The molecule has 0 aromatic heterocycles. The minimum Gasteiger partial charge on any atom is -0.392 e. The molecule has 0 aromatic rings. The highest BCUT2D eigenvalue weighted by atomic mass is 16.5. The molecule has 4 heteroatoms. The standard InChI is InChI=1S/C20H42NO3/c1-4-5-6-7-8-9-10-11-12-13-16-21(3,24)17-14-15-20(23)19(2)18-22/h18-20,23-24H,4-17H2,1-3H3/q+1. The molecule has 0 saturated heterocycles. The first-order valence-electron chi connectivity index (χ1n) is 10.1. The molecule has 0 heterocycles. The second kappa shape index (κ2) is 14.9. The van der Waals surface area contributed by atoms with Crippen LogP contribution in [0.1, 0.15) is 90.9 Å². The molecule has 0 aliphatic rings. The molecular weight excluding hydrogens is 302 g/mol. The molecule has 0 aliphatic carbocycles. The van der Waals surface area contributed by atoms with Crippen LogP contribution < -0.4 is 0 Å². The van der Waals surface area contributed by atoms with Gasteiger partial charge in [-0.05, 0) is 19.3 Å². The Balaban J connectivity index is 3.52. The molecule has 0 aromatic carbocycles. The summed E-state index contributed by atoms with van der Waals surface area (Å²) < 4.78 is 0.0270. The van der Waals surface area contributed by atoms with Gasteiger partial charge in [-0.2, -0.15) is 4.65 Å². The summed E-state index contributed by atoms with van der Waals surface area (Å²) in [6, 6.07) is 0. The second-order valence-electron chi connectivity index (χ2n) is 7.67. The zero-order chi connectivity index (χ0) is 18.3. The van der Waals surface area contributed by atoms with E-state index in [1.807, 2.05) is 7.05 Å². The summed E-state index contributed by atoms with van der Waals surface area (Å²) in [6.07, 6.45) is 14.5. The average molecular weight is 345 g/mol. The van der Waals surface area contributed by atoms with E-state index in [0.717, 1.165) is 25.7 Å². The van der Waals surface area contributed by atoms with Gasteiger partial charge in [0, 0.05) is 12.3 Å². The summed E-state index contributed by atoms with van der Waals surface area (Å²) in [7, 11) is 1.84. The fourth-order valence-corrected chi connectivity index (χ4v) is 3.05. The first-order chi connectivity index (χ1) is 11.4. The van der Waals surface area contributed by atoms with Crippen LogP contribution in [0.4, 0.5) is 0 Å². The predicted molar refractivity (Wildman–Crippen MR) is 100 cm³/mol. The normalized spacial score (nSPS) is 16.5. The number of carbonyl (C=O) groups excluding carboxylic acids is 1. The lowest BCUT2D eigenvalue weighted by Crippen LogP contribution is -2.42. The Morgan fingerprint density at radius 1 is 0.875 bits per heavy atom. The summed E-state index contributed by atoms with van der Waals surface area (Å²) in [4.78, 5) is 10.6. The van der Waals surface area contributed by atoms with Crippen molar-refractivity contribution in [1.29, 1.82) is 0 Å². The topological polar surface area (TPSA) is 57.5 Å². The minimum atomic E-state index is -0.583. The first-order valence-corrected chi connectivity index (χ1v) is 10.1. The number of rotatable bonds is 17. The number of unbranched alkanes of at least 4 members (excludes halogenated alkanes) is 9. The molecule has 24 heavy (non-hydrogen) atoms. The molecule has 0 spiro atoms. The van der Waals surface area contributed by atoms with E-state index in [2.05, 4.69) is 6.92 Å². The number of aldehydes is 1. The van der Waals surface area contributed by atoms with Crippen molar-refractivity contribution >= 4 is 6.29 Å². The van der Waals surface area contributed by atoms with Crippen LogP contribution in [0.3, 0.4) is 0 Å². The number of carbonyl (C=O) groups is 1. The van der Waals surface area contributed by atoms with Crippen molar-refractivity contribution < 1.29 is 19.8 Å². The van der Waals surface area contributed by atoms with Crippen LogP contribution in [0.2, 0.25) is 0 Å². The smallest absolute Gasteiger partial charge is 0.125 e. The maximum atomic E-state index is 10.6. The second-order valence-corrected chi connectivity index (χ2v) is 7.67. The quantitative estimate of drug-likeness (QED) is 0.174. The van der Waals surface area contributed by atoms with E-state index in [1.165, 1.54) is 57.8 Å². The molecule has 0 aliphatic heterocycles. The SMILES string of the molecule is CCCCCCCCCCCC[N+](C)(O)CCCC(O)C(C)C=O. The Morgan fingerprint density at radius 2 is 1.33 bits per heavy atom. The third kappa shape index (κ3) is 13.9. The highest BCUT2D eigenvalue weighted by Gasteiger charge is 2.20. The van der Waals surface area contributed by atoms with Gasteiger partial charge < -0.3 is 9.90 Å². The van der Waals surface area contributed by atoms with E-state index in [1.54, 1.807) is 6.92 Å². The Hall–Kier alpha value is -0.450. The molecule has 0 saturated carbocycles. The van der Waals surface area contributed by atoms with Crippen molar-refractivity contribution in [2.24, 2.45) is 5.92 Å². The number of hydroxylamine groups is 3. The zero-order valence-corrected chi connectivity index (χ0v) is 16.4. The number of aliphatic hydroxyl groups excluding tert-OH is 1.